The molecule has 3 aliphatic rings. The first-order valence-electron chi connectivity index (χ1n) is 11.5. The number of rotatable bonds is 6. The molecule has 1 saturated heterocycles. The third-order valence-corrected chi connectivity index (χ3v) is 7.43. The highest BCUT2D eigenvalue weighted by atomic mass is 16.7. The number of amides is 1. The number of fused-ring (bicyclic) bond motifs is 5. The van der Waals surface area contributed by atoms with E-state index >= 15 is 0 Å². The third-order valence-electron chi connectivity index (χ3n) is 7.43. The van der Waals surface area contributed by atoms with Gasteiger partial charge in [0.1, 0.15) is 6.61 Å². The van der Waals surface area contributed by atoms with Crippen molar-refractivity contribution in [2.75, 3.05) is 20.8 Å². The summed E-state index contributed by atoms with van der Waals surface area (Å²) in [6.07, 6.45) is 5.58. The summed E-state index contributed by atoms with van der Waals surface area (Å²) in [6.45, 7) is 2.32. The summed E-state index contributed by atoms with van der Waals surface area (Å²) in [4.78, 5) is 15.1. The molecule has 0 aromatic heterocycles. The number of methoxy groups -OCH3 is 2. The summed E-state index contributed by atoms with van der Waals surface area (Å²) in [6, 6.07) is 17.1. The second-order valence-corrected chi connectivity index (χ2v) is 9.26. The molecule has 2 atom stereocenters. The zero-order valence-electron chi connectivity index (χ0n) is 19.0. The Hall–Kier alpha value is -2.63. The number of hydrogen-bond donors (Lipinski definition) is 0. The Morgan fingerprint density at radius 1 is 1.00 bits per heavy atom. The molecule has 0 spiro atoms. The van der Waals surface area contributed by atoms with Gasteiger partial charge in [0.05, 0.1) is 6.04 Å². The van der Waals surface area contributed by atoms with Crippen molar-refractivity contribution >= 4 is 6.09 Å². The number of ether oxygens (including phenoxy) is 3. The highest BCUT2D eigenvalue weighted by Gasteiger charge is 2.42. The van der Waals surface area contributed by atoms with Gasteiger partial charge in [-0.3, -0.25) is 4.90 Å². The van der Waals surface area contributed by atoms with Crippen LogP contribution < -0.4 is 0 Å². The molecule has 32 heavy (non-hydrogen) atoms. The average Bonchev–Trinajstić information content (AvgIpc) is 3.29. The molecule has 2 aromatic carbocycles. The van der Waals surface area contributed by atoms with E-state index in [-0.39, 0.29) is 24.1 Å². The number of hydrogen-bond acceptors (Lipinski definition) is 4. The van der Waals surface area contributed by atoms with E-state index in [0.717, 1.165) is 19.3 Å². The van der Waals surface area contributed by atoms with E-state index in [1.165, 1.54) is 27.8 Å². The molecule has 1 fully saturated rings. The van der Waals surface area contributed by atoms with Crippen LogP contribution in [-0.2, 0) is 14.2 Å². The SMILES string of the molecule is COC(C)(CC1=CC2CCC(C1)N2C(=O)OCC1c2ccccc2-c2ccccc21)OC. The quantitative estimate of drug-likeness (QED) is 0.446. The monoisotopic (exact) mass is 433 g/mol. The topological polar surface area (TPSA) is 48.0 Å². The molecule has 2 aliphatic heterocycles. The maximum Gasteiger partial charge on any atom is 0.410 e. The molecule has 5 nitrogen and oxygen atoms in total. The van der Waals surface area contributed by atoms with Crippen molar-refractivity contribution in [3.8, 4) is 11.1 Å². The van der Waals surface area contributed by atoms with Gasteiger partial charge < -0.3 is 14.2 Å². The standard InChI is InChI=1S/C27H31NO4/c1-27(30-2,31-3)16-18-14-19-12-13-20(15-18)28(19)26(29)32-17-25-23-10-6-4-8-21(23)22-9-5-7-11-24(22)25/h4-11,14,19-20,25H,12-13,15-17H2,1-3H3. The van der Waals surface area contributed by atoms with Gasteiger partial charge >= 0.3 is 6.09 Å². The lowest BCUT2D eigenvalue weighted by molar-refractivity contribution is -0.192. The Bertz CT molecular complexity index is 996. The van der Waals surface area contributed by atoms with Crippen molar-refractivity contribution in [2.24, 2.45) is 0 Å². The molecule has 2 bridgehead atoms. The molecule has 168 valence electrons. The molecule has 0 radical (unpaired) electrons. The largest absolute Gasteiger partial charge is 0.448 e. The van der Waals surface area contributed by atoms with Crippen LogP contribution in [0.2, 0.25) is 0 Å². The Morgan fingerprint density at radius 2 is 1.62 bits per heavy atom. The molecular formula is C27H31NO4. The number of carbonyl (C=O) groups is 1. The zero-order chi connectivity index (χ0) is 22.3. The predicted octanol–water partition coefficient (Wildman–Crippen LogP) is 5.50. The van der Waals surface area contributed by atoms with E-state index < -0.39 is 5.79 Å². The first-order valence-corrected chi connectivity index (χ1v) is 11.5. The molecule has 1 amide bonds. The van der Waals surface area contributed by atoms with Crippen LogP contribution in [0.4, 0.5) is 4.79 Å². The smallest absolute Gasteiger partial charge is 0.410 e. The van der Waals surface area contributed by atoms with Crippen molar-refractivity contribution in [1.82, 2.24) is 4.90 Å². The van der Waals surface area contributed by atoms with E-state index in [1.807, 2.05) is 11.8 Å². The van der Waals surface area contributed by atoms with E-state index in [0.29, 0.717) is 13.0 Å². The molecule has 0 saturated carbocycles. The van der Waals surface area contributed by atoms with Crippen molar-refractivity contribution in [1.29, 1.82) is 0 Å². The van der Waals surface area contributed by atoms with Gasteiger partial charge in [0.15, 0.2) is 5.79 Å². The maximum absolute atomic E-state index is 13.2. The van der Waals surface area contributed by atoms with E-state index in [4.69, 9.17) is 14.2 Å². The summed E-state index contributed by atoms with van der Waals surface area (Å²) in [5.74, 6) is -0.541. The highest BCUT2D eigenvalue weighted by Crippen LogP contribution is 2.45. The van der Waals surface area contributed by atoms with Crippen LogP contribution in [0.3, 0.4) is 0 Å². The molecular weight excluding hydrogens is 402 g/mol. The van der Waals surface area contributed by atoms with Crippen molar-refractivity contribution in [3.05, 3.63) is 71.3 Å². The van der Waals surface area contributed by atoms with E-state index in [9.17, 15) is 4.79 Å². The van der Waals surface area contributed by atoms with Gasteiger partial charge in [0.25, 0.3) is 0 Å². The lowest BCUT2D eigenvalue weighted by Crippen LogP contribution is -2.44. The summed E-state index contributed by atoms with van der Waals surface area (Å²) in [5.41, 5.74) is 6.27. The van der Waals surface area contributed by atoms with Crippen molar-refractivity contribution < 1.29 is 19.0 Å². The molecule has 0 N–H and O–H groups in total. The average molecular weight is 434 g/mol. The van der Waals surface area contributed by atoms with Gasteiger partial charge in [-0.1, -0.05) is 60.2 Å². The maximum atomic E-state index is 13.2. The molecule has 2 aromatic rings. The van der Waals surface area contributed by atoms with Crippen LogP contribution in [0.5, 0.6) is 0 Å². The van der Waals surface area contributed by atoms with E-state index in [1.54, 1.807) is 14.2 Å². The first kappa shape index (κ1) is 21.2. The fourth-order valence-electron chi connectivity index (χ4n) is 5.64. The number of carbonyl (C=O) groups excluding carboxylic acids is 1. The van der Waals surface area contributed by atoms with Crippen LogP contribution in [0.25, 0.3) is 11.1 Å². The second kappa shape index (κ2) is 8.38. The Labute approximate surface area is 190 Å². The normalized spacial score (nSPS) is 21.8. The van der Waals surface area contributed by atoms with Gasteiger partial charge in [0, 0.05) is 32.6 Å². The van der Waals surface area contributed by atoms with Crippen LogP contribution in [-0.4, -0.2) is 49.7 Å². The van der Waals surface area contributed by atoms with Gasteiger partial charge in [-0.25, -0.2) is 4.79 Å². The van der Waals surface area contributed by atoms with Gasteiger partial charge in [-0.05, 0) is 48.4 Å². The minimum atomic E-state index is -0.628. The molecule has 1 aliphatic carbocycles. The van der Waals surface area contributed by atoms with E-state index in [2.05, 4.69) is 54.6 Å². The fourth-order valence-corrected chi connectivity index (χ4v) is 5.64. The minimum absolute atomic E-state index is 0.0870. The Kier molecular flexibility index (Phi) is 5.56. The van der Waals surface area contributed by atoms with Crippen LogP contribution >= 0.6 is 0 Å². The second-order valence-electron chi connectivity index (χ2n) is 9.26. The summed E-state index contributed by atoms with van der Waals surface area (Å²) < 4.78 is 17.0. The van der Waals surface area contributed by atoms with Crippen LogP contribution in [0.1, 0.15) is 49.7 Å². The van der Waals surface area contributed by atoms with Crippen molar-refractivity contribution in [2.45, 2.75) is 56.4 Å². The summed E-state index contributed by atoms with van der Waals surface area (Å²) in [5, 5.41) is 0. The lowest BCUT2D eigenvalue weighted by atomic mass is 9.95. The summed E-state index contributed by atoms with van der Waals surface area (Å²) in [7, 11) is 3.34. The zero-order valence-corrected chi connectivity index (χ0v) is 19.0. The van der Waals surface area contributed by atoms with Gasteiger partial charge in [-0.2, -0.15) is 0 Å². The molecule has 5 heteroatoms. The Morgan fingerprint density at radius 3 is 2.22 bits per heavy atom. The number of nitrogens with zero attached hydrogens (tertiary/aromatic N) is 1. The van der Waals surface area contributed by atoms with Crippen LogP contribution in [0, 0.1) is 0 Å². The minimum Gasteiger partial charge on any atom is -0.448 e. The molecule has 2 heterocycles. The molecule has 2 unspecified atom stereocenters. The van der Waals surface area contributed by atoms with Gasteiger partial charge in [0.2, 0.25) is 0 Å². The fraction of sp³-hybridized carbons (Fsp3) is 0.444. The lowest BCUT2D eigenvalue weighted by Gasteiger charge is -2.36. The highest BCUT2D eigenvalue weighted by molar-refractivity contribution is 5.79. The van der Waals surface area contributed by atoms with Crippen molar-refractivity contribution in [3.63, 3.8) is 0 Å². The van der Waals surface area contributed by atoms with Crippen LogP contribution in [0.15, 0.2) is 60.2 Å². The number of benzene rings is 2. The predicted molar refractivity (Wildman–Crippen MR) is 123 cm³/mol. The first-order chi connectivity index (χ1) is 15.5. The third kappa shape index (κ3) is 3.63. The molecule has 5 rings (SSSR count). The Balaban J connectivity index is 1.29. The summed E-state index contributed by atoms with van der Waals surface area (Å²) >= 11 is 0. The van der Waals surface area contributed by atoms with Gasteiger partial charge in [-0.15, -0.1) is 0 Å².